The number of rotatable bonds is 7. The molecule has 1 fully saturated rings. The molecule has 29 heavy (non-hydrogen) atoms. The fourth-order valence-corrected chi connectivity index (χ4v) is 4.20. The molecule has 1 aromatic heterocycles. The molecule has 0 spiro atoms. The predicted octanol–water partition coefficient (Wildman–Crippen LogP) is 4.73. The zero-order valence-electron chi connectivity index (χ0n) is 16.9. The Hall–Kier alpha value is -2.66. The number of hydrogen-bond acceptors (Lipinski definition) is 4. The van der Waals surface area contributed by atoms with Gasteiger partial charge in [0.1, 0.15) is 24.3 Å². The Labute approximate surface area is 171 Å². The topological polar surface area (TPSA) is 64.3 Å². The highest BCUT2D eigenvalue weighted by molar-refractivity contribution is 5.94. The van der Waals surface area contributed by atoms with Crippen molar-refractivity contribution in [2.75, 3.05) is 6.61 Å². The van der Waals surface area contributed by atoms with Crippen LogP contribution in [-0.4, -0.2) is 33.2 Å². The normalized spacial score (nSPS) is 16.1. The first kappa shape index (κ1) is 19.6. The van der Waals surface area contributed by atoms with Gasteiger partial charge in [-0.25, -0.2) is 4.98 Å². The average Bonchev–Trinajstić information content (AvgIpc) is 3.11. The third-order valence-electron chi connectivity index (χ3n) is 5.75. The van der Waals surface area contributed by atoms with Gasteiger partial charge >= 0.3 is 0 Å². The van der Waals surface area contributed by atoms with Crippen LogP contribution in [0.5, 0.6) is 5.75 Å². The van der Waals surface area contributed by atoms with E-state index in [4.69, 9.17) is 9.72 Å². The summed E-state index contributed by atoms with van der Waals surface area (Å²) < 4.78 is 7.93. The van der Waals surface area contributed by atoms with E-state index in [1.807, 2.05) is 18.2 Å². The predicted molar refractivity (Wildman–Crippen MR) is 114 cm³/mol. The lowest BCUT2D eigenvalue weighted by Crippen LogP contribution is -2.25. The first-order chi connectivity index (χ1) is 14.1. The zero-order chi connectivity index (χ0) is 20.2. The van der Waals surface area contributed by atoms with Gasteiger partial charge in [0.05, 0.1) is 17.6 Å². The van der Waals surface area contributed by atoms with Crippen molar-refractivity contribution in [2.24, 2.45) is 0 Å². The van der Waals surface area contributed by atoms with Gasteiger partial charge in [-0.1, -0.05) is 31.4 Å². The fourth-order valence-electron chi connectivity index (χ4n) is 4.20. The Balaban J connectivity index is 1.48. The second-order valence-corrected chi connectivity index (χ2v) is 7.95. The fraction of sp³-hybridized carbons (Fsp3) is 0.417. The van der Waals surface area contributed by atoms with Gasteiger partial charge in [-0.15, -0.1) is 0 Å². The van der Waals surface area contributed by atoms with E-state index in [1.165, 1.54) is 32.1 Å². The van der Waals surface area contributed by atoms with Crippen LogP contribution < -0.4 is 4.74 Å². The molecule has 0 saturated heterocycles. The summed E-state index contributed by atoms with van der Waals surface area (Å²) in [6.07, 6.45) is 5.47. The van der Waals surface area contributed by atoms with E-state index in [2.05, 4.69) is 10.6 Å². The summed E-state index contributed by atoms with van der Waals surface area (Å²) in [5, 5.41) is 10.7. The van der Waals surface area contributed by atoms with Crippen molar-refractivity contribution in [2.45, 2.75) is 57.6 Å². The van der Waals surface area contributed by atoms with Gasteiger partial charge in [-0.3, -0.25) is 4.79 Å². The van der Waals surface area contributed by atoms with Gasteiger partial charge in [-0.05, 0) is 56.2 Å². The molecule has 1 unspecified atom stereocenters. The van der Waals surface area contributed by atoms with E-state index in [9.17, 15) is 9.90 Å². The maximum absolute atomic E-state index is 11.4. The van der Waals surface area contributed by atoms with Crippen molar-refractivity contribution >= 4 is 16.8 Å². The number of aliphatic hydroxyl groups excluding tert-OH is 1. The number of benzene rings is 2. The summed E-state index contributed by atoms with van der Waals surface area (Å²) in [5.41, 5.74) is 2.71. The number of nitrogens with zero attached hydrogens (tertiary/aromatic N) is 2. The Bertz CT molecular complexity index is 971. The maximum atomic E-state index is 11.4. The molecule has 3 aromatic rings. The SMILES string of the molecule is CC(=O)c1ccc(OCC(O)Cn2c(C3CCCCC3)nc3ccccc32)cc1. The number of ketones is 1. The number of hydrogen-bond donors (Lipinski definition) is 1. The molecule has 4 rings (SSSR count). The molecule has 1 heterocycles. The van der Waals surface area contributed by atoms with Gasteiger partial charge in [0.2, 0.25) is 0 Å². The summed E-state index contributed by atoms with van der Waals surface area (Å²) in [6.45, 7) is 2.19. The van der Waals surface area contributed by atoms with E-state index < -0.39 is 6.10 Å². The van der Waals surface area contributed by atoms with Crippen molar-refractivity contribution in [3.63, 3.8) is 0 Å². The minimum atomic E-state index is -0.651. The van der Waals surface area contributed by atoms with Gasteiger partial charge in [-0.2, -0.15) is 0 Å². The average molecular weight is 392 g/mol. The van der Waals surface area contributed by atoms with Crippen LogP contribution >= 0.6 is 0 Å². The first-order valence-electron chi connectivity index (χ1n) is 10.5. The monoisotopic (exact) mass is 392 g/mol. The largest absolute Gasteiger partial charge is 0.491 e. The number of aromatic nitrogens is 2. The van der Waals surface area contributed by atoms with Crippen LogP contribution in [0.2, 0.25) is 0 Å². The number of para-hydroxylation sites is 2. The van der Waals surface area contributed by atoms with Crippen LogP contribution in [0.4, 0.5) is 0 Å². The van der Waals surface area contributed by atoms with Gasteiger partial charge in [0, 0.05) is 11.5 Å². The van der Waals surface area contributed by atoms with Crippen molar-refractivity contribution < 1.29 is 14.6 Å². The number of fused-ring (bicyclic) bond motifs is 1. The summed E-state index contributed by atoms with van der Waals surface area (Å²) in [4.78, 5) is 16.3. The van der Waals surface area contributed by atoms with Crippen molar-refractivity contribution in [3.8, 4) is 5.75 Å². The molecule has 0 bridgehead atoms. The summed E-state index contributed by atoms with van der Waals surface area (Å²) >= 11 is 0. The Morgan fingerprint density at radius 1 is 1.14 bits per heavy atom. The van der Waals surface area contributed by atoms with Crippen molar-refractivity contribution in [1.82, 2.24) is 9.55 Å². The summed E-state index contributed by atoms with van der Waals surface area (Å²) in [7, 11) is 0. The summed E-state index contributed by atoms with van der Waals surface area (Å²) in [5.74, 6) is 2.23. The summed E-state index contributed by atoms with van der Waals surface area (Å²) in [6, 6.07) is 15.2. The first-order valence-corrected chi connectivity index (χ1v) is 10.5. The van der Waals surface area contributed by atoms with E-state index in [0.29, 0.717) is 23.8 Å². The third-order valence-corrected chi connectivity index (χ3v) is 5.75. The molecule has 0 radical (unpaired) electrons. The molecule has 5 heteroatoms. The van der Waals surface area contributed by atoms with Crippen LogP contribution in [0.25, 0.3) is 11.0 Å². The highest BCUT2D eigenvalue weighted by atomic mass is 16.5. The Kier molecular flexibility index (Phi) is 5.95. The van der Waals surface area contributed by atoms with Crippen LogP contribution in [0.1, 0.15) is 61.1 Å². The molecule has 0 aliphatic heterocycles. The highest BCUT2D eigenvalue weighted by Crippen LogP contribution is 2.34. The van der Waals surface area contributed by atoms with E-state index >= 15 is 0 Å². The molecule has 1 N–H and O–H groups in total. The minimum absolute atomic E-state index is 0.0267. The molecule has 0 amide bonds. The van der Waals surface area contributed by atoms with E-state index in [0.717, 1.165) is 16.9 Å². The molecular weight excluding hydrogens is 364 g/mol. The van der Waals surface area contributed by atoms with Gasteiger partial charge in [0.25, 0.3) is 0 Å². The van der Waals surface area contributed by atoms with Gasteiger partial charge < -0.3 is 14.4 Å². The molecule has 1 aliphatic carbocycles. The second-order valence-electron chi connectivity index (χ2n) is 7.95. The number of carbonyl (C=O) groups is 1. The van der Waals surface area contributed by atoms with Crippen LogP contribution in [0, 0.1) is 0 Å². The molecule has 2 aromatic carbocycles. The van der Waals surface area contributed by atoms with Gasteiger partial charge in [0.15, 0.2) is 5.78 Å². The number of Topliss-reactive ketones (excluding diaryl/α,β-unsaturated/α-hetero) is 1. The van der Waals surface area contributed by atoms with Crippen LogP contribution in [0.3, 0.4) is 0 Å². The lowest BCUT2D eigenvalue weighted by molar-refractivity contribution is 0.0921. The minimum Gasteiger partial charge on any atom is -0.491 e. The third kappa shape index (κ3) is 4.51. The lowest BCUT2D eigenvalue weighted by Gasteiger charge is -2.23. The van der Waals surface area contributed by atoms with Crippen molar-refractivity contribution in [1.29, 1.82) is 0 Å². The molecule has 152 valence electrons. The van der Waals surface area contributed by atoms with E-state index in [-0.39, 0.29) is 12.4 Å². The van der Waals surface area contributed by atoms with Crippen LogP contribution in [-0.2, 0) is 6.54 Å². The smallest absolute Gasteiger partial charge is 0.159 e. The maximum Gasteiger partial charge on any atom is 0.159 e. The number of ether oxygens (including phenoxy) is 1. The zero-order valence-corrected chi connectivity index (χ0v) is 16.9. The molecular formula is C24H28N2O3. The molecule has 1 atom stereocenters. The Morgan fingerprint density at radius 2 is 1.86 bits per heavy atom. The van der Waals surface area contributed by atoms with Crippen LogP contribution in [0.15, 0.2) is 48.5 Å². The Morgan fingerprint density at radius 3 is 2.59 bits per heavy atom. The molecule has 1 saturated carbocycles. The molecule has 1 aliphatic rings. The van der Waals surface area contributed by atoms with Crippen molar-refractivity contribution in [3.05, 3.63) is 59.9 Å². The number of carbonyl (C=O) groups excluding carboxylic acids is 1. The lowest BCUT2D eigenvalue weighted by atomic mass is 9.88. The number of aliphatic hydroxyl groups is 1. The van der Waals surface area contributed by atoms with E-state index in [1.54, 1.807) is 31.2 Å². The highest BCUT2D eigenvalue weighted by Gasteiger charge is 2.23. The quantitative estimate of drug-likeness (QED) is 0.591. The standard InChI is InChI=1S/C24H28N2O3/c1-17(27)18-11-13-21(14-12-18)29-16-20(28)15-26-23-10-6-5-9-22(23)25-24(26)19-7-3-2-4-8-19/h5-6,9-14,19-20,28H,2-4,7-8,15-16H2,1H3. The second kappa shape index (κ2) is 8.78. The number of imidazole rings is 1. The molecule has 5 nitrogen and oxygen atoms in total.